The molecule has 0 aliphatic heterocycles. The Labute approximate surface area is 108 Å². The fraction of sp³-hybridized carbons (Fsp3) is 0.818. The standard InChI is InChI=1S/C7H12O4.C4H13N3/c1-10-6(8)4-3-5-7(9)11-2;5-1-3-7-4-2-6/h3-5H2,1-2H3;7H,1-6H2. The van der Waals surface area contributed by atoms with Crippen molar-refractivity contribution < 1.29 is 19.1 Å². The van der Waals surface area contributed by atoms with Gasteiger partial charge < -0.3 is 26.3 Å². The summed E-state index contributed by atoms with van der Waals surface area (Å²) in [6.45, 7) is 3.13. The summed E-state index contributed by atoms with van der Waals surface area (Å²) in [5, 5.41) is 3.03. The fourth-order valence-corrected chi connectivity index (χ4v) is 0.910. The van der Waals surface area contributed by atoms with Crippen molar-refractivity contribution in [3.63, 3.8) is 0 Å². The van der Waals surface area contributed by atoms with Crippen LogP contribution in [0.25, 0.3) is 0 Å². The molecule has 0 heterocycles. The number of esters is 2. The first-order chi connectivity index (χ1) is 8.62. The second-order valence-electron chi connectivity index (χ2n) is 3.33. The summed E-state index contributed by atoms with van der Waals surface area (Å²) in [7, 11) is 2.64. The first-order valence-electron chi connectivity index (χ1n) is 5.86. The average molecular weight is 263 g/mol. The molecule has 0 unspecified atom stereocenters. The van der Waals surface area contributed by atoms with E-state index in [4.69, 9.17) is 11.5 Å². The molecular formula is C11H25N3O4. The van der Waals surface area contributed by atoms with E-state index in [1.165, 1.54) is 14.2 Å². The number of rotatable bonds is 8. The van der Waals surface area contributed by atoms with Crippen molar-refractivity contribution >= 4 is 11.9 Å². The summed E-state index contributed by atoms with van der Waals surface area (Å²) in [5.74, 6) is -0.595. The van der Waals surface area contributed by atoms with Gasteiger partial charge in [0.25, 0.3) is 0 Å². The van der Waals surface area contributed by atoms with Gasteiger partial charge in [-0.3, -0.25) is 9.59 Å². The Kier molecular flexibility index (Phi) is 16.8. The number of carbonyl (C=O) groups is 2. The quantitative estimate of drug-likeness (QED) is 0.379. The molecule has 5 N–H and O–H groups in total. The van der Waals surface area contributed by atoms with Gasteiger partial charge in [-0.15, -0.1) is 0 Å². The number of carbonyl (C=O) groups excluding carboxylic acids is 2. The van der Waals surface area contributed by atoms with E-state index in [0.29, 0.717) is 19.5 Å². The van der Waals surface area contributed by atoms with Gasteiger partial charge in [0.05, 0.1) is 14.2 Å². The highest BCUT2D eigenvalue weighted by Gasteiger charge is 2.03. The molecule has 0 fully saturated rings. The highest BCUT2D eigenvalue weighted by atomic mass is 16.5. The lowest BCUT2D eigenvalue weighted by atomic mass is 10.2. The van der Waals surface area contributed by atoms with Gasteiger partial charge in [-0.2, -0.15) is 0 Å². The van der Waals surface area contributed by atoms with E-state index in [9.17, 15) is 9.59 Å². The number of hydrogen-bond acceptors (Lipinski definition) is 7. The summed E-state index contributed by atoms with van der Waals surface area (Å²) in [6, 6.07) is 0. The molecule has 0 amide bonds. The maximum Gasteiger partial charge on any atom is 0.305 e. The lowest BCUT2D eigenvalue weighted by Crippen LogP contribution is -2.27. The van der Waals surface area contributed by atoms with Crippen molar-refractivity contribution in [2.45, 2.75) is 19.3 Å². The Bertz CT molecular complexity index is 192. The Morgan fingerprint density at radius 3 is 1.61 bits per heavy atom. The summed E-state index contributed by atoms with van der Waals surface area (Å²) in [4.78, 5) is 21.0. The molecule has 0 spiro atoms. The molecule has 0 saturated heterocycles. The van der Waals surface area contributed by atoms with E-state index in [1.54, 1.807) is 0 Å². The molecule has 0 aromatic rings. The minimum atomic E-state index is -0.297. The van der Waals surface area contributed by atoms with E-state index < -0.39 is 0 Å². The van der Waals surface area contributed by atoms with Gasteiger partial charge in [0.15, 0.2) is 0 Å². The molecule has 7 nitrogen and oxygen atoms in total. The number of hydrogen-bond donors (Lipinski definition) is 3. The molecule has 0 aliphatic rings. The van der Waals surface area contributed by atoms with Crippen LogP contribution in [0.4, 0.5) is 0 Å². The van der Waals surface area contributed by atoms with Crippen LogP contribution in [0.15, 0.2) is 0 Å². The van der Waals surface area contributed by atoms with Crippen LogP contribution in [0.3, 0.4) is 0 Å². The average Bonchev–Trinajstić information content (AvgIpc) is 2.39. The first-order valence-corrected chi connectivity index (χ1v) is 5.86. The van der Waals surface area contributed by atoms with Crippen molar-refractivity contribution in [1.82, 2.24) is 5.32 Å². The van der Waals surface area contributed by atoms with Gasteiger partial charge in [0.2, 0.25) is 0 Å². The minimum absolute atomic E-state index is 0.269. The summed E-state index contributed by atoms with van der Waals surface area (Å²) in [6.07, 6.45) is 1.02. The molecule has 0 aliphatic carbocycles. The Morgan fingerprint density at radius 2 is 1.33 bits per heavy atom. The number of nitrogens with two attached hydrogens (primary N) is 2. The predicted octanol–water partition coefficient (Wildman–Crippen LogP) is -1.00. The summed E-state index contributed by atoms with van der Waals surface area (Å²) < 4.78 is 8.75. The second kappa shape index (κ2) is 15.8. The second-order valence-corrected chi connectivity index (χ2v) is 3.33. The van der Waals surface area contributed by atoms with Gasteiger partial charge >= 0.3 is 11.9 Å². The van der Waals surface area contributed by atoms with E-state index >= 15 is 0 Å². The Balaban J connectivity index is 0. The van der Waals surface area contributed by atoms with Crippen LogP contribution in [0.2, 0.25) is 0 Å². The summed E-state index contributed by atoms with van der Waals surface area (Å²) >= 11 is 0. The largest absolute Gasteiger partial charge is 0.469 e. The number of methoxy groups -OCH3 is 2. The van der Waals surface area contributed by atoms with E-state index in [2.05, 4.69) is 14.8 Å². The van der Waals surface area contributed by atoms with E-state index in [0.717, 1.165) is 13.1 Å². The fourth-order valence-electron chi connectivity index (χ4n) is 0.910. The van der Waals surface area contributed by atoms with Crippen LogP contribution >= 0.6 is 0 Å². The van der Waals surface area contributed by atoms with Crippen LogP contribution < -0.4 is 16.8 Å². The van der Waals surface area contributed by atoms with E-state index in [1.807, 2.05) is 0 Å². The Hall–Kier alpha value is -1.18. The van der Waals surface area contributed by atoms with Crippen molar-refractivity contribution in [3.8, 4) is 0 Å². The maximum atomic E-state index is 10.5. The topological polar surface area (TPSA) is 117 Å². The van der Waals surface area contributed by atoms with Gasteiger partial charge in [0, 0.05) is 39.0 Å². The monoisotopic (exact) mass is 263 g/mol. The first kappa shape index (κ1) is 19.2. The molecule has 0 aromatic heterocycles. The molecule has 0 atom stereocenters. The van der Waals surface area contributed by atoms with Gasteiger partial charge in [-0.05, 0) is 6.42 Å². The predicted molar refractivity (Wildman–Crippen MR) is 68.9 cm³/mol. The van der Waals surface area contributed by atoms with Crippen molar-refractivity contribution in [1.29, 1.82) is 0 Å². The van der Waals surface area contributed by atoms with E-state index in [-0.39, 0.29) is 24.8 Å². The lowest BCUT2D eigenvalue weighted by Gasteiger charge is -1.97. The third-order valence-electron chi connectivity index (χ3n) is 1.86. The van der Waals surface area contributed by atoms with Crippen LogP contribution in [-0.2, 0) is 19.1 Å². The third kappa shape index (κ3) is 17.2. The molecule has 0 rings (SSSR count). The molecule has 108 valence electrons. The molecular weight excluding hydrogens is 238 g/mol. The van der Waals surface area contributed by atoms with Crippen LogP contribution in [-0.4, -0.2) is 52.3 Å². The highest BCUT2D eigenvalue weighted by molar-refractivity contribution is 5.72. The van der Waals surface area contributed by atoms with Gasteiger partial charge in [-0.1, -0.05) is 0 Å². The molecule has 0 radical (unpaired) electrons. The highest BCUT2D eigenvalue weighted by Crippen LogP contribution is 1.97. The maximum absolute atomic E-state index is 10.5. The normalized spacial score (nSPS) is 9.11. The van der Waals surface area contributed by atoms with Crippen molar-refractivity contribution in [2.24, 2.45) is 11.5 Å². The zero-order valence-electron chi connectivity index (χ0n) is 11.2. The van der Waals surface area contributed by atoms with Gasteiger partial charge in [-0.25, -0.2) is 0 Å². The molecule has 0 bridgehead atoms. The van der Waals surface area contributed by atoms with Crippen LogP contribution in [0.1, 0.15) is 19.3 Å². The third-order valence-corrected chi connectivity index (χ3v) is 1.86. The molecule has 0 aromatic carbocycles. The molecule has 0 saturated carbocycles. The SMILES string of the molecule is COC(=O)CCCC(=O)OC.NCCNCCN. The zero-order valence-corrected chi connectivity index (χ0v) is 11.2. The van der Waals surface area contributed by atoms with Crippen LogP contribution in [0, 0.1) is 0 Å². The zero-order chi connectivity index (χ0) is 14.2. The number of nitrogens with one attached hydrogen (secondary N) is 1. The molecule has 7 heteroatoms. The Morgan fingerprint density at radius 1 is 0.944 bits per heavy atom. The smallest absolute Gasteiger partial charge is 0.305 e. The van der Waals surface area contributed by atoms with Crippen molar-refractivity contribution in [3.05, 3.63) is 0 Å². The summed E-state index contributed by atoms with van der Waals surface area (Å²) in [5.41, 5.74) is 10.3. The minimum Gasteiger partial charge on any atom is -0.469 e. The van der Waals surface area contributed by atoms with Crippen molar-refractivity contribution in [2.75, 3.05) is 40.4 Å². The van der Waals surface area contributed by atoms with Gasteiger partial charge in [0.1, 0.15) is 0 Å². The number of ether oxygens (including phenoxy) is 2. The molecule has 18 heavy (non-hydrogen) atoms. The lowest BCUT2D eigenvalue weighted by molar-refractivity contribution is -0.142. The van der Waals surface area contributed by atoms with Crippen LogP contribution in [0.5, 0.6) is 0 Å².